The highest BCUT2D eigenvalue weighted by Gasteiger charge is 2.10. The number of nitrogens with zero attached hydrogens (tertiary/aromatic N) is 2. The Hall–Kier alpha value is -2.60. The van der Waals surface area contributed by atoms with Gasteiger partial charge in [-0.3, -0.25) is 9.59 Å². The molecule has 1 N–H and O–H groups in total. The molecule has 0 bridgehead atoms. The number of amides is 1. The molecule has 1 aromatic heterocycles. The number of pyridine rings is 1. The Morgan fingerprint density at radius 2 is 1.87 bits per heavy atom. The predicted molar refractivity (Wildman–Crippen MR) is 126 cm³/mol. The summed E-state index contributed by atoms with van der Waals surface area (Å²) in [6.45, 7) is 5.20. The maximum atomic E-state index is 12.2. The molecule has 2 rings (SSSR count). The molecule has 0 fully saturated rings. The molecular formula is C24H32ClN3O3. The molecule has 0 atom stereocenters. The highest BCUT2D eigenvalue weighted by atomic mass is 35.5. The van der Waals surface area contributed by atoms with E-state index in [1.165, 1.54) is 49.0 Å². The monoisotopic (exact) mass is 445 g/mol. The molecule has 0 unspecified atom stereocenters. The van der Waals surface area contributed by atoms with Gasteiger partial charge in [0.1, 0.15) is 11.3 Å². The minimum Gasteiger partial charge on any atom is -0.492 e. The lowest BCUT2D eigenvalue weighted by Crippen LogP contribution is -2.30. The van der Waals surface area contributed by atoms with Gasteiger partial charge in [0.2, 0.25) is 0 Å². The normalized spacial score (nSPS) is 11.1. The molecule has 31 heavy (non-hydrogen) atoms. The van der Waals surface area contributed by atoms with Gasteiger partial charge in [-0.15, -0.1) is 0 Å². The van der Waals surface area contributed by atoms with Crippen LogP contribution in [0.5, 0.6) is 5.75 Å². The summed E-state index contributed by atoms with van der Waals surface area (Å²) in [6.07, 6.45) is 11.7. The average molecular weight is 446 g/mol. The Kier molecular flexibility index (Phi) is 10.9. The van der Waals surface area contributed by atoms with Crippen LogP contribution in [0.25, 0.3) is 0 Å². The van der Waals surface area contributed by atoms with Crippen molar-refractivity contribution >= 4 is 23.7 Å². The zero-order chi connectivity index (χ0) is 22.5. The van der Waals surface area contributed by atoms with Crippen LogP contribution in [-0.4, -0.2) is 23.3 Å². The van der Waals surface area contributed by atoms with E-state index < -0.39 is 5.91 Å². The number of rotatable bonds is 13. The molecule has 1 heterocycles. The lowest BCUT2D eigenvalue weighted by atomic mass is 10.1. The van der Waals surface area contributed by atoms with E-state index in [0.29, 0.717) is 29.5 Å². The van der Waals surface area contributed by atoms with Crippen LogP contribution >= 0.6 is 11.6 Å². The number of hydrogen-bond donors (Lipinski definition) is 1. The second-order valence-corrected chi connectivity index (χ2v) is 7.78. The van der Waals surface area contributed by atoms with E-state index in [4.69, 9.17) is 16.3 Å². The number of hydrazone groups is 1. The number of aromatic nitrogens is 1. The summed E-state index contributed by atoms with van der Waals surface area (Å²) in [5, 5.41) is 4.42. The molecule has 7 heteroatoms. The Morgan fingerprint density at radius 3 is 2.58 bits per heavy atom. The average Bonchev–Trinajstić information content (AvgIpc) is 2.77. The molecule has 168 valence electrons. The highest BCUT2D eigenvalue weighted by molar-refractivity contribution is 6.32. The van der Waals surface area contributed by atoms with E-state index in [0.717, 1.165) is 12.8 Å². The molecular weight excluding hydrogens is 414 g/mol. The second kappa shape index (κ2) is 13.7. The largest absolute Gasteiger partial charge is 0.492 e. The van der Waals surface area contributed by atoms with Crippen molar-refractivity contribution in [1.29, 1.82) is 0 Å². The number of unbranched alkanes of at least 4 members (excludes halogenated alkanes) is 6. The SMILES string of the molecule is CCCCCCCCCOc1ccc(/C=N\NC(=O)c2cccn(CC)c2=O)cc1Cl. The Morgan fingerprint density at radius 1 is 1.13 bits per heavy atom. The standard InChI is InChI=1S/C24H32ClN3O3/c1-3-5-6-7-8-9-10-16-31-22-14-13-19(17-21(22)25)18-26-27-23(29)20-12-11-15-28(4-2)24(20)30/h11-15,17-18H,3-10,16H2,1-2H3,(H,27,29)/b26-18-. The van der Waals surface area contributed by atoms with E-state index in [1.54, 1.807) is 24.4 Å². The van der Waals surface area contributed by atoms with E-state index in [9.17, 15) is 9.59 Å². The quantitative estimate of drug-likeness (QED) is 0.254. The van der Waals surface area contributed by atoms with Crippen molar-refractivity contribution < 1.29 is 9.53 Å². The first-order valence-corrected chi connectivity index (χ1v) is 11.4. The Labute approximate surface area is 189 Å². The Balaban J connectivity index is 1.80. The summed E-state index contributed by atoms with van der Waals surface area (Å²) < 4.78 is 7.23. The van der Waals surface area contributed by atoms with Crippen LogP contribution in [0.1, 0.15) is 74.7 Å². The molecule has 0 aliphatic carbocycles. The number of carbonyl (C=O) groups excluding carboxylic acids is 1. The van der Waals surface area contributed by atoms with Crippen LogP contribution in [0.15, 0.2) is 46.4 Å². The molecule has 0 spiro atoms. The van der Waals surface area contributed by atoms with Gasteiger partial charge in [0, 0.05) is 12.7 Å². The second-order valence-electron chi connectivity index (χ2n) is 7.37. The molecule has 0 saturated heterocycles. The Bertz CT molecular complexity index is 925. The van der Waals surface area contributed by atoms with Gasteiger partial charge in [-0.2, -0.15) is 5.10 Å². The number of aryl methyl sites for hydroxylation is 1. The van der Waals surface area contributed by atoms with E-state index >= 15 is 0 Å². The van der Waals surface area contributed by atoms with Gasteiger partial charge >= 0.3 is 0 Å². The minimum atomic E-state index is -0.551. The molecule has 2 aromatic rings. The number of halogens is 1. The third kappa shape index (κ3) is 8.21. The smallest absolute Gasteiger partial charge is 0.276 e. The highest BCUT2D eigenvalue weighted by Crippen LogP contribution is 2.25. The fourth-order valence-electron chi connectivity index (χ4n) is 3.14. The molecule has 1 amide bonds. The fourth-order valence-corrected chi connectivity index (χ4v) is 3.38. The zero-order valence-corrected chi connectivity index (χ0v) is 19.2. The van der Waals surface area contributed by atoms with Crippen molar-refractivity contribution in [2.24, 2.45) is 5.10 Å². The van der Waals surface area contributed by atoms with Crippen molar-refractivity contribution in [3.63, 3.8) is 0 Å². The lowest BCUT2D eigenvalue weighted by molar-refractivity contribution is 0.0953. The first-order chi connectivity index (χ1) is 15.1. The van der Waals surface area contributed by atoms with Crippen molar-refractivity contribution in [3.8, 4) is 5.75 Å². The summed E-state index contributed by atoms with van der Waals surface area (Å²) in [7, 11) is 0. The van der Waals surface area contributed by atoms with Gasteiger partial charge in [0.15, 0.2) is 0 Å². The molecule has 0 aliphatic rings. The molecule has 0 radical (unpaired) electrons. The van der Waals surface area contributed by atoms with E-state index in [-0.39, 0.29) is 11.1 Å². The number of carbonyl (C=O) groups is 1. The minimum absolute atomic E-state index is 0.0497. The van der Waals surface area contributed by atoms with Crippen LogP contribution in [0.3, 0.4) is 0 Å². The summed E-state index contributed by atoms with van der Waals surface area (Å²) in [5.74, 6) is 0.0861. The van der Waals surface area contributed by atoms with Crippen molar-refractivity contribution in [2.45, 2.75) is 65.3 Å². The van der Waals surface area contributed by atoms with Gasteiger partial charge < -0.3 is 9.30 Å². The van der Waals surface area contributed by atoms with Gasteiger partial charge in [-0.05, 0) is 49.2 Å². The molecule has 1 aromatic carbocycles. The maximum absolute atomic E-state index is 12.2. The number of nitrogens with one attached hydrogen (secondary N) is 1. The van der Waals surface area contributed by atoms with Crippen LogP contribution in [-0.2, 0) is 6.54 Å². The van der Waals surface area contributed by atoms with Gasteiger partial charge in [0.05, 0.1) is 17.8 Å². The van der Waals surface area contributed by atoms with Crippen molar-refractivity contribution in [3.05, 3.63) is 63.0 Å². The van der Waals surface area contributed by atoms with Gasteiger partial charge in [-0.1, -0.05) is 57.0 Å². The topological polar surface area (TPSA) is 72.7 Å². The maximum Gasteiger partial charge on any atom is 0.276 e. The molecule has 6 nitrogen and oxygen atoms in total. The molecule has 0 saturated carbocycles. The van der Waals surface area contributed by atoms with Crippen molar-refractivity contribution in [1.82, 2.24) is 9.99 Å². The van der Waals surface area contributed by atoms with Crippen molar-refractivity contribution in [2.75, 3.05) is 6.61 Å². The fraction of sp³-hybridized carbons (Fsp3) is 0.458. The third-order valence-electron chi connectivity index (χ3n) is 4.95. The summed E-state index contributed by atoms with van der Waals surface area (Å²) >= 11 is 6.30. The lowest BCUT2D eigenvalue weighted by Gasteiger charge is -2.08. The van der Waals surface area contributed by atoms with Crippen LogP contribution in [0.4, 0.5) is 0 Å². The number of benzene rings is 1. The molecule has 0 aliphatic heterocycles. The van der Waals surface area contributed by atoms with Crippen LogP contribution < -0.4 is 15.7 Å². The number of ether oxygens (including phenoxy) is 1. The van der Waals surface area contributed by atoms with Crippen LogP contribution in [0, 0.1) is 0 Å². The van der Waals surface area contributed by atoms with Crippen LogP contribution in [0.2, 0.25) is 5.02 Å². The predicted octanol–water partition coefficient (Wildman–Crippen LogP) is 5.41. The van der Waals surface area contributed by atoms with E-state index in [2.05, 4.69) is 17.5 Å². The third-order valence-corrected chi connectivity index (χ3v) is 5.24. The first-order valence-electron chi connectivity index (χ1n) is 11.0. The van der Waals surface area contributed by atoms with Gasteiger partial charge in [-0.25, -0.2) is 5.43 Å². The summed E-state index contributed by atoms with van der Waals surface area (Å²) in [4.78, 5) is 24.4. The number of hydrogen-bond acceptors (Lipinski definition) is 4. The zero-order valence-electron chi connectivity index (χ0n) is 18.4. The van der Waals surface area contributed by atoms with E-state index in [1.807, 2.05) is 13.0 Å². The van der Waals surface area contributed by atoms with Gasteiger partial charge in [0.25, 0.3) is 11.5 Å². The summed E-state index contributed by atoms with van der Waals surface area (Å²) in [5.41, 5.74) is 2.80. The first kappa shape index (κ1) is 24.7. The summed E-state index contributed by atoms with van der Waals surface area (Å²) in [6, 6.07) is 8.48.